The highest BCUT2D eigenvalue weighted by Crippen LogP contribution is 2.32. The van der Waals surface area contributed by atoms with E-state index in [-0.39, 0.29) is 6.42 Å². The molecule has 0 saturated carbocycles. The Balaban J connectivity index is 2.12. The fraction of sp³-hybridized carbons (Fsp3) is 0.750. The highest BCUT2D eigenvalue weighted by molar-refractivity contribution is 5.24. The molecule has 1 heterocycles. The number of nitrogens with zero attached hydrogens (tertiary/aromatic N) is 1. The smallest absolute Gasteiger partial charge is 0.189 e. The Bertz CT molecular complexity index is 421. The summed E-state index contributed by atoms with van der Waals surface area (Å²) in [5.41, 5.74) is -1.48. The molecule has 8 nitrogen and oxygen atoms in total. The van der Waals surface area contributed by atoms with Crippen LogP contribution >= 0.6 is 0 Å². The first kappa shape index (κ1) is 15.3. The van der Waals surface area contributed by atoms with E-state index >= 15 is 0 Å². The van der Waals surface area contributed by atoms with Gasteiger partial charge in [0.15, 0.2) is 11.9 Å². The number of aliphatic hydroxyl groups excluding tert-OH is 5. The van der Waals surface area contributed by atoms with Crippen molar-refractivity contribution in [3.05, 3.63) is 12.2 Å². The summed E-state index contributed by atoms with van der Waals surface area (Å²) < 4.78 is 10.5. The second kappa shape index (κ2) is 5.75. The van der Waals surface area contributed by atoms with E-state index in [2.05, 4.69) is 0 Å². The molecular weight excluding hydrogens is 270 g/mol. The molecule has 0 aromatic heterocycles. The van der Waals surface area contributed by atoms with E-state index in [0.29, 0.717) is 0 Å². The first-order chi connectivity index (χ1) is 9.42. The van der Waals surface area contributed by atoms with Crippen LogP contribution in [0.25, 0.3) is 0 Å². The molecule has 0 aromatic carbocycles. The molecule has 1 fully saturated rings. The highest BCUT2D eigenvalue weighted by atomic mass is 16.7. The average Bonchev–Trinajstić information content (AvgIpc) is 2.81. The quantitative estimate of drug-likeness (QED) is 0.355. The number of hydrogen-bond donors (Lipinski definition) is 5. The first-order valence-corrected chi connectivity index (χ1v) is 6.19. The minimum absolute atomic E-state index is 0.0292. The predicted octanol–water partition coefficient (Wildman–Crippen LogP) is -2.61. The first-order valence-electron chi connectivity index (χ1n) is 6.19. The molecule has 0 radical (unpaired) electrons. The third-order valence-corrected chi connectivity index (χ3v) is 3.46. The third-order valence-electron chi connectivity index (χ3n) is 3.46. The standard InChI is InChI=1S/C12H17NO7/c13-5-12(2-1-6(15)3-12)20-11-10(18)9(17)8(16)7(4-14)19-11/h1-2,6-11,14-18H,3-4H2/t6-,7+,8-,9-,10+,11-,12-/m0/s1. The van der Waals surface area contributed by atoms with Crippen molar-refractivity contribution < 1.29 is 35.0 Å². The summed E-state index contributed by atoms with van der Waals surface area (Å²) in [7, 11) is 0. The van der Waals surface area contributed by atoms with Crippen molar-refractivity contribution in [3.63, 3.8) is 0 Å². The van der Waals surface area contributed by atoms with Crippen molar-refractivity contribution in [1.29, 1.82) is 5.26 Å². The van der Waals surface area contributed by atoms with Crippen LogP contribution in [0, 0.1) is 11.3 Å². The molecule has 2 aliphatic rings. The zero-order valence-corrected chi connectivity index (χ0v) is 10.5. The van der Waals surface area contributed by atoms with E-state index < -0.39 is 49.0 Å². The molecule has 0 amide bonds. The topological polar surface area (TPSA) is 143 Å². The van der Waals surface area contributed by atoms with E-state index in [9.17, 15) is 20.4 Å². The van der Waals surface area contributed by atoms with Gasteiger partial charge in [-0.25, -0.2) is 0 Å². The summed E-state index contributed by atoms with van der Waals surface area (Å²) in [5, 5.41) is 56.7. The number of nitriles is 1. The molecule has 112 valence electrons. The molecule has 0 aromatic rings. The number of rotatable bonds is 3. The summed E-state index contributed by atoms with van der Waals surface area (Å²) in [6.45, 7) is -0.581. The fourth-order valence-corrected chi connectivity index (χ4v) is 2.28. The number of aliphatic hydroxyl groups is 5. The lowest BCUT2D eigenvalue weighted by molar-refractivity contribution is -0.315. The molecule has 0 spiro atoms. The summed E-state index contributed by atoms with van der Waals surface area (Å²) in [5.74, 6) is 0. The van der Waals surface area contributed by atoms with Gasteiger partial charge in [-0.05, 0) is 6.08 Å². The van der Waals surface area contributed by atoms with Crippen LogP contribution in [0.1, 0.15) is 6.42 Å². The Morgan fingerprint density at radius 1 is 1.25 bits per heavy atom. The molecule has 1 aliphatic carbocycles. The summed E-state index contributed by atoms with van der Waals surface area (Å²) in [6, 6.07) is 1.87. The zero-order chi connectivity index (χ0) is 14.9. The second-order valence-electron chi connectivity index (χ2n) is 4.95. The molecule has 8 heteroatoms. The van der Waals surface area contributed by atoms with Crippen LogP contribution in [-0.4, -0.2) is 74.6 Å². The van der Waals surface area contributed by atoms with Crippen LogP contribution < -0.4 is 0 Å². The van der Waals surface area contributed by atoms with E-state index in [1.54, 1.807) is 0 Å². The Kier molecular flexibility index (Phi) is 4.41. The van der Waals surface area contributed by atoms with Crippen LogP contribution in [0.5, 0.6) is 0 Å². The lowest BCUT2D eigenvalue weighted by Gasteiger charge is -2.41. The third kappa shape index (κ3) is 2.70. The zero-order valence-electron chi connectivity index (χ0n) is 10.5. The number of hydrogen-bond acceptors (Lipinski definition) is 8. The van der Waals surface area contributed by atoms with Gasteiger partial charge in [0.25, 0.3) is 0 Å². The molecule has 7 atom stereocenters. The van der Waals surface area contributed by atoms with Crippen molar-refractivity contribution >= 4 is 0 Å². The van der Waals surface area contributed by atoms with Crippen molar-refractivity contribution in [2.75, 3.05) is 6.61 Å². The van der Waals surface area contributed by atoms with E-state index in [0.717, 1.165) is 0 Å². The van der Waals surface area contributed by atoms with Crippen LogP contribution in [0.15, 0.2) is 12.2 Å². The van der Waals surface area contributed by atoms with E-state index in [1.807, 2.05) is 6.07 Å². The normalized spacial score (nSPS) is 48.2. The number of ether oxygens (including phenoxy) is 2. The minimum Gasteiger partial charge on any atom is -0.394 e. The molecule has 20 heavy (non-hydrogen) atoms. The maximum absolute atomic E-state index is 9.82. The van der Waals surface area contributed by atoms with Gasteiger partial charge < -0.3 is 35.0 Å². The van der Waals surface area contributed by atoms with Crippen molar-refractivity contribution in [3.8, 4) is 6.07 Å². The van der Waals surface area contributed by atoms with Gasteiger partial charge in [0.2, 0.25) is 0 Å². The maximum atomic E-state index is 9.82. The summed E-state index contributed by atoms with van der Waals surface area (Å²) >= 11 is 0. The molecule has 5 N–H and O–H groups in total. The molecule has 1 aliphatic heterocycles. The van der Waals surface area contributed by atoms with Crippen LogP contribution in [0.3, 0.4) is 0 Å². The molecule has 1 saturated heterocycles. The second-order valence-corrected chi connectivity index (χ2v) is 4.95. The van der Waals surface area contributed by atoms with Crippen molar-refractivity contribution in [1.82, 2.24) is 0 Å². The lowest BCUT2D eigenvalue weighted by atomic mass is 9.98. The lowest BCUT2D eigenvalue weighted by Crippen LogP contribution is -2.60. The van der Waals surface area contributed by atoms with Gasteiger partial charge in [-0.2, -0.15) is 5.26 Å². The SMILES string of the molecule is N#C[C@]1(O[C@@H]2O[C@H](CO)[C@H](O)[C@H](O)[C@H]2O)C=C[C@H](O)C1. The molecule has 0 bridgehead atoms. The van der Waals surface area contributed by atoms with Crippen LogP contribution in [-0.2, 0) is 9.47 Å². The van der Waals surface area contributed by atoms with Gasteiger partial charge in [0, 0.05) is 6.42 Å². The largest absolute Gasteiger partial charge is 0.394 e. The van der Waals surface area contributed by atoms with Gasteiger partial charge >= 0.3 is 0 Å². The van der Waals surface area contributed by atoms with Gasteiger partial charge in [0.05, 0.1) is 12.7 Å². The molecule has 2 rings (SSSR count). The Morgan fingerprint density at radius 3 is 2.45 bits per heavy atom. The maximum Gasteiger partial charge on any atom is 0.189 e. The van der Waals surface area contributed by atoms with Gasteiger partial charge in [-0.15, -0.1) is 0 Å². The Hall–Kier alpha value is -1.05. The Labute approximate surface area is 115 Å². The van der Waals surface area contributed by atoms with Crippen LogP contribution in [0.2, 0.25) is 0 Å². The van der Waals surface area contributed by atoms with Crippen molar-refractivity contribution in [2.45, 2.75) is 48.8 Å². The minimum atomic E-state index is -1.58. The van der Waals surface area contributed by atoms with Gasteiger partial charge in [0.1, 0.15) is 30.5 Å². The van der Waals surface area contributed by atoms with E-state index in [1.165, 1.54) is 12.2 Å². The monoisotopic (exact) mass is 287 g/mol. The average molecular weight is 287 g/mol. The summed E-state index contributed by atoms with van der Waals surface area (Å²) in [6.07, 6.45) is -5.30. The molecular formula is C12H17NO7. The summed E-state index contributed by atoms with van der Waals surface area (Å²) in [4.78, 5) is 0. The van der Waals surface area contributed by atoms with Gasteiger partial charge in [-0.1, -0.05) is 6.08 Å². The Morgan fingerprint density at radius 2 is 1.95 bits per heavy atom. The fourth-order valence-electron chi connectivity index (χ4n) is 2.28. The predicted molar refractivity (Wildman–Crippen MR) is 63.0 cm³/mol. The van der Waals surface area contributed by atoms with E-state index in [4.69, 9.17) is 19.8 Å². The molecule has 0 unspecified atom stereocenters. The van der Waals surface area contributed by atoms with Gasteiger partial charge in [-0.3, -0.25) is 0 Å². The van der Waals surface area contributed by atoms with Crippen LogP contribution in [0.4, 0.5) is 0 Å². The van der Waals surface area contributed by atoms with Crippen molar-refractivity contribution in [2.24, 2.45) is 0 Å². The highest BCUT2D eigenvalue weighted by Gasteiger charge is 2.48.